The third-order valence-corrected chi connectivity index (χ3v) is 4.56. The molecule has 1 atom stereocenters. The number of aromatic nitrogens is 1. The molecule has 0 saturated carbocycles. The van der Waals surface area contributed by atoms with Gasteiger partial charge in [0.2, 0.25) is 0 Å². The van der Waals surface area contributed by atoms with Gasteiger partial charge in [-0.25, -0.2) is 4.79 Å². The normalized spacial score (nSPS) is 11.9. The number of hydrogen-bond acceptors (Lipinski definition) is 6. The molecular weight excluding hydrogens is 394 g/mol. The van der Waals surface area contributed by atoms with Gasteiger partial charge in [0.15, 0.2) is 11.9 Å². The topological polar surface area (TPSA) is 61.6 Å². The van der Waals surface area contributed by atoms with E-state index in [1.54, 1.807) is 36.5 Å². The quantitative estimate of drug-likeness (QED) is 0.555. The molecule has 2 heterocycles. The van der Waals surface area contributed by atoms with E-state index in [1.807, 2.05) is 29.6 Å². The van der Waals surface area contributed by atoms with Gasteiger partial charge in [0, 0.05) is 10.5 Å². The molecule has 0 amide bonds. The SMILES string of the molecule is CC(Oc1ccc(Br)cc1)C(=O)OCc1cc(-c2cccs2)on1. The van der Waals surface area contributed by atoms with Crippen molar-refractivity contribution in [3.8, 4) is 16.4 Å². The molecule has 0 bridgehead atoms. The molecule has 124 valence electrons. The van der Waals surface area contributed by atoms with Gasteiger partial charge in [-0.2, -0.15) is 0 Å². The van der Waals surface area contributed by atoms with E-state index in [2.05, 4.69) is 21.1 Å². The van der Waals surface area contributed by atoms with Gasteiger partial charge < -0.3 is 14.0 Å². The van der Waals surface area contributed by atoms with E-state index < -0.39 is 12.1 Å². The summed E-state index contributed by atoms with van der Waals surface area (Å²) in [5.74, 6) is 0.804. The summed E-state index contributed by atoms with van der Waals surface area (Å²) in [6.07, 6.45) is -0.713. The van der Waals surface area contributed by atoms with Crippen molar-refractivity contribution < 1.29 is 18.8 Å². The van der Waals surface area contributed by atoms with E-state index in [4.69, 9.17) is 14.0 Å². The van der Waals surface area contributed by atoms with E-state index in [0.717, 1.165) is 9.35 Å². The number of rotatable bonds is 6. The van der Waals surface area contributed by atoms with E-state index in [-0.39, 0.29) is 6.61 Å². The first-order valence-corrected chi connectivity index (χ1v) is 8.87. The average molecular weight is 408 g/mol. The van der Waals surface area contributed by atoms with Crippen molar-refractivity contribution in [3.63, 3.8) is 0 Å². The highest BCUT2D eigenvalue weighted by molar-refractivity contribution is 9.10. The maximum absolute atomic E-state index is 12.0. The lowest BCUT2D eigenvalue weighted by atomic mass is 10.3. The van der Waals surface area contributed by atoms with Crippen LogP contribution in [0.3, 0.4) is 0 Å². The van der Waals surface area contributed by atoms with Crippen molar-refractivity contribution in [3.05, 3.63) is 58.0 Å². The van der Waals surface area contributed by atoms with Crippen molar-refractivity contribution in [2.75, 3.05) is 0 Å². The van der Waals surface area contributed by atoms with E-state index in [9.17, 15) is 4.79 Å². The molecule has 1 aromatic carbocycles. The van der Waals surface area contributed by atoms with Crippen LogP contribution in [0.25, 0.3) is 10.6 Å². The van der Waals surface area contributed by atoms with Crippen LogP contribution in [0.2, 0.25) is 0 Å². The van der Waals surface area contributed by atoms with Crippen molar-refractivity contribution in [2.24, 2.45) is 0 Å². The maximum atomic E-state index is 12.0. The minimum atomic E-state index is -0.713. The second kappa shape index (κ2) is 7.63. The molecule has 0 aliphatic carbocycles. The molecule has 24 heavy (non-hydrogen) atoms. The molecule has 0 N–H and O–H groups in total. The number of esters is 1. The first-order chi connectivity index (χ1) is 11.6. The zero-order valence-electron chi connectivity index (χ0n) is 12.8. The highest BCUT2D eigenvalue weighted by Crippen LogP contribution is 2.25. The number of hydrogen-bond donors (Lipinski definition) is 0. The van der Waals surface area contributed by atoms with Crippen LogP contribution >= 0.6 is 27.3 Å². The van der Waals surface area contributed by atoms with Crippen LogP contribution in [0, 0.1) is 0 Å². The second-order valence-corrected chi connectivity index (χ2v) is 6.84. The summed E-state index contributed by atoms with van der Waals surface area (Å²) < 4.78 is 17.0. The van der Waals surface area contributed by atoms with Crippen molar-refractivity contribution in [2.45, 2.75) is 19.6 Å². The summed E-state index contributed by atoms with van der Waals surface area (Å²) in [5.41, 5.74) is 0.558. The fourth-order valence-corrected chi connectivity index (χ4v) is 2.88. The summed E-state index contributed by atoms with van der Waals surface area (Å²) in [6.45, 7) is 1.69. The second-order valence-electron chi connectivity index (χ2n) is 4.98. The minimum Gasteiger partial charge on any atom is -0.479 e. The number of halogens is 1. The Morgan fingerprint density at radius 3 is 2.83 bits per heavy atom. The smallest absolute Gasteiger partial charge is 0.347 e. The van der Waals surface area contributed by atoms with Gasteiger partial charge in [-0.05, 0) is 42.6 Å². The zero-order valence-corrected chi connectivity index (χ0v) is 15.2. The predicted molar refractivity (Wildman–Crippen MR) is 93.8 cm³/mol. The van der Waals surface area contributed by atoms with Crippen LogP contribution in [-0.4, -0.2) is 17.2 Å². The third-order valence-electron chi connectivity index (χ3n) is 3.14. The van der Waals surface area contributed by atoms with Gasteiger partial charge in [0.05, 0.1) is 4.88 Å². The van der Waals surface area contributed by atoms with Crippen molar-refractivity contribution in [1.29, 1.82) is 0 Å². The zero-order chi connectivity index (χ0) is 16.9. The van der Waals surface area contributed by atoms with Crippen LogP contribution in [0.15, 0.2) is 56.8 Å². The first-order valence-electron chi connectivity index (χ1n) is 7.20. The van der Waals surface area contributed by atoms with Gasteiger partial charge in [-0.3, -0.25) is 0 Å². The van der Waals surface area contributed by atoms with Gasteiger partial charge in [-0.1, -0.05) is 27.2 Å². The number of benzene rings is 1. The van der Waals surface area contributed by atoms with Crippen LogP contribution in [0.1, 0.15) is 12.6 Å². The highest BCUT2D eigenvalue weighted by Gasteiger charge is 2.17. The van der Waals surface area contributed by atoms with Gasteiger partial charge >= 0.3 is 5.97 Å². The maximum Gasteiger partial charge on any atom is 0.347 e. The molecule has 2 aromatic heterocycles. The van der Waals surface area contributed by atoms with Crippen LogP contribution in [0.5, 0.6) is 5.75 Å². The van der Waals surface area contributed by atoms with Crippen molar-refractivity contribution >= 4 is 33.2 Å². The lowest BCUT2D eigenvalue weighted by molar-refractivity contribution is -0.152. The van der Waals surface area contributed by atoms with Gasteiger partial charge in [-0.15, -0.1) is 11.3 Å². The standard InChI is InChI=1S/C17H14BrNO4S/c1-11(22-14-6-4-12(18)5-7-14)17(20)21-10-13-9-15(23-19-13)16-3-2-8-24-16/h2-9,11H,10H2,1H3. The molecule has 1 unspecified atom stereocenters. The molecule has 0 fully saturated rings. The van der Waals surface area contributed by atoms with Crippen LogP contribution < -0.4 is 4.74 Å². The fraction of sp³-hybridized carbons (Fsp3) is 0.176. The van der Waals surface area contributed by atoms with E-state index in [0.29, 0.717) is 17.2 Å². The Morgan fingerprint density at radius 2 is 2.12 bits per heavy atom. The summed E-state index contributed by atoms with van der Waals surface area (Å²) in [7, 11) is 0. The van der Waals surface area contributed by atoms with Crippen molar-refractivity contribution in [1.82, 2.24) is 5.16 Å². The summed E-state index contributed by atoms with van der Waals surface area (Å²) in [5, 5.41) is 5.86. The molecular formula is C17H14BrNO4S. The van der Waals surface area contributed by atoms with Gasteiger partial charge in [0.25, 0.3) is 0 Å². The molecule has 0 aliphatic rings. The molecule has 3 aromatic rings. The van der Waals surface area contributed by atoms with Crippen LogP contribution in [0.4, 0.5) is 0 Å². The lowest BCUT2D eigenvalue weighted by Crippen LogP contribution is -2.26. The molecule has 7 heteroatoms. The van der Waals surface area contributed by atoms with Crippen LogP contribution in [-0.2, 0) is 16.1 Å². The minimum absolute atomic E-state index is 0.0434. The molecule has 0 radical (unpaired) electrons. The Morgan fingerprint density at radius 1 is 1.33 bits per heavy atom. The number of thiophene rings is 1. The molecule has 5 nitrogen and oxygen atoms in total. The molecule has 3 rings (SSSR count). The third kappa shape index (κ3) is 4.24. The predicted octanol–water partition coefficient (Wildman–Crippen LogP) is 4.68. The summed E-state index contributed by atoms with van der Waals surface area (Å²) in [6, 6.07) is 12.9. The Kier molecular flexibility index (Phi) is 5.32. The van der Waals surface area contributed by atoms with E-state index >= 15 is 0 Å². The Hall–Kier alpha value is -2.12. The number of carbonyl (C=O) groups is 1. The molecule has 0 spiro atoms. The number of carbonyl (C=O) groups excluding carboxylic acids is 1. The van der Waals surface area contributed by atoms with E-state index in [1.165, 1.54) is 0 Å². The Bertz CT molecular complexity index is 798. The highest BCUT2D eigenvalue weighted by atomic mass is 79.9. The number of ether oxygens (including phenoxy) is 2. The van der Waals surface area contributed by atoms with Gasteiger partial charge in [0.1, 0.15) is 18.1 Å². The largest absolute Gasteiger partial charge is 0.479 e. The molecule has 0 aliphatic heterocycles. The summed E-state index contributed by atoms with van der Waals surface area (Å²) in [4.78, 5) is 13.0. The lowest BCUT2D eigenvalue weighted by Gasteiger charge is -2.13. The fourth-order valence-electron chi connectivity index (χ4n) is 1.94. The summed E-state index contributed by atoms with van der Waals surface area (Å²) >= 11 is 4.90. The monoisotopic (exact) mass is 407 g/mol. The first kappa shape index (κ1) is 16.7. The average Bonchev–Trinajstić information content (AvgIpc) is 3.25. The number of nitrogens with zero attached hydrogens (tertiary/aromatic N) is 1. The Labute approximate surface area is 151 Å². The Balaban J connectivity index is 1.52. The molecule has 0 saturated heterocycles.